The first-order chi connectivity index (χ1) is 14.2. The van der Waals surface area contributed by atoms with E-state index in [-0.39, 0.29) is 24.9 Å². The van der Waals surface area contributed by atoms with E-state index in [1.54, 1.807) is 16.2 Å². The Bertz CT molecular complexity index is 944. The van der Waals surface area contributed by atoms with E-state index in [1.165, 1.54) is 22.6 Å². The van der Waals surface area contributed by atoms with Gasteiger partial charge in [0.1, 0.15) is 0 Å². The van der Waals surface area contributed by atoms with Crippen molar-refractivity contribution in [3.05, 3.63) is 68.9 Å². The zero-order valence-electron chi connectivity index (χ0n) is 16.0. The largest absolute Gasteiger partial charge is 0.455 e. The maximum absolute atomic E-state index is 13.0. The van der Waals surface area contributed by atoms with Gasteiger partial charge in [-0.25, -0.2) is 4.98 Å². The fourth-order valence-electron chi connectivity index (χ4n) is 3.31. The van der Waals surface area contributed by atoms with Crippen molar-refractivity contribution in [3.8, 4) is 0 Å². The van der Waals surface area contributed by atoms with E-state index in [4.69, 9.17) is 9.72 Å². The minimum absolute atomic E-state index is 0.190. The van der Waals surface area contributed by atoms with E-state index >= 15 is 0 Å². The number of ether oxygens (including phenoxy) is 1. The number of thiazole rings is 1. The second-order valence-electron chi connectivity index (χ2n) is 6.96. The molecule has 1 aromatic carbocycles. The summed E-state index contributed by atoms with van der Waals surface area (Å²) in [7, 11) is 0. The van der Waals surface area contributed by atoms with Gasteiger partial charge in [-0.15, -0.1) is 22.7 Å². The normalized spacial score (nSPS) is 13.0. The van der Waals surface area contributed by atoms with E-state index in [0.29, 0.717) is 11.7 Å². The fourth-order valence-corrected chi connectivity index (χ4v) is 5.16. The quantitative estimate of drug-likeness (QED) is 0.526. The van der Waals surface area contributed by atoms with Crippen LogP contribution in [0.15, 0.2) is 47.8 Å². The molecule has 1 amide bonds. The van der Waals surface area contributed by atoms with Crippen LogP contribution in [-0.2, 0) is 40.1 Å². The molecule has 0 atom stereocenters. The fraction of sp³-hybridized carbons (Fsp3) is 0.318. The number of rotatable bonds is 7. The standard InChI is InChI=1S/C22H22N2O3S2/c25-20(15-27-21(26)13-17-9-6-12-28-17)24(14-16-7-2-1-3-8-16)22-23-18-10-4-5-11-19(18)29-22/h1-3,6-9,12H,4-5,10-11,13-15H2. The number of amides is 1. The Kier molecular flexibility index (Phi) is 6.36. The maximum atomic E-state index is 13.0. The van der Waals surface area contributed by atoms with Crippen LogP contribution >= 0.6 is 22.7 Å². The lowest BCUT2D eigenvalue weighted by molar-refractivity contribution is -0.147. The molecule has 3 aromatic rings. The van der Waals surface area contributed by atoms with Crippen molar-refractivity contribution in [2.45, 2.75) is 38.6 Å². The van der Waals surface area contributed by atoms with Crippen LogP contribution in [0, 0.1) is 0 Å². The van der Waals surface area contributed by atoms with Crippen molar-refractivity contribution in [1.82, 2.24) is 4.98 Å². The van der Waals surface area contributed by atoms with Gasteiger partial charge < -0.3 is 4.74 Å². The highest BCUT2D eigenvalue weighted by Gasteiger charge is 2.24. The first kappa shape index (κ1) is 19.8. The number of nitrogens with zero attached hydrogens (tertiary/aromatic N) is 2. The number of benzene rings is 1. The van der Waals surface area contributed by atoms with Crippen LogP contribution in [0.4, 0.5) is 5.13 Å². The van der Waals surface area contributed by atoms with Gasteiger partial charge in [0, 0.05) is 9.75 Å². The number of aromatic nitrogens is 1. The van der Waals surface area contributed by atoms with Gasteiger partial charge in [-0.1, -0.05) is 36.4 Å². The molecule has 5 nitrogen and oxygen atoms in total. The number of hydrogen-bond acceptors (Lipinski definition) is 6. The van der Waals surface area contributed by atoms with Crippen molar-refractivity contribution in [3.63, 3.8) is 0 Å². The highest BCUT2D eigenvalue weighted by Crippen LogP contribution is 2.32. The van der Waals surface area contributed by atoms with Crippen molar-refractivity contribution < 1.29 is 14.3 Å². The van der Waals surface area contributed by atoms with E-state index in [1.807, 2.05) is 47.8 Å². The molecule has 0 bridgehead atoms. The SMILES string of the molecule is O=C(Cc1cccs1)OCC(=O)N(Cc1ccccc1)c1nc2c(s1)CCCC2. The highest BCUT2D eigenvalue weighted by atomic mass is 32.1. The zero-order chi connectivity index (χ0) is 20.1. The molecule has 1 aliphatic carbocycles. The smallest absolute Gasteiger partial charge is 0.311 e. The Balaban J connectivity index is 1.47. The van der Waals surface area contributed by atoms with Crippen LogP contribution in [0.3, 0.4) is 0 Å². The van der Waals surface area contributed by atoms with Gasteiger partial charge in [0.25, 0.3) is 5.91 Å². The monoisotopic (exact) mass is 426 g/mol. The molecular formula is C22H22N2O3S2. The average Bonchev–Trinajstić information content (AvgIpc) is 3.40. The van der Waals surface area contributed by atoms with Gasteiger partial charge in [-0.2, -0.15) is 0 Å². The first-order valence-corrected chi connectivity index (χ1v) is 11.4. The van der Waals surface area contributed by atoms with Crippen LogP contribution < -0.4 is 4.90 Å². The van der Waals surface area contributed by atoms with Crippen molar-refractivity contribution >= 4 is 39.7 Å². The van der Waals surface area contributed by atoms with E-state index in [0.717, 1.165) is 35.4 Å². The zero-order valence-corrected chi connectivity index (χ0v) is 17.6. The summed E-state index contributed by atoms with van der Waals surface area (Å²) < 4.78 is 5.27. The Hall–Kier alpha value is -2.51. The summed E-state index contributed by atoms with van der Waals surface area (Å²) in [5.74, 6) is -0.640. The summed E-state index contributed by atoms with van der Waals surface area (Å²) in [6.45, 7) is 0.135. The Labute approximate surface area is 178 Å². The number of hydrogen-bond donors (Lipinski definition) is 0. The molecule has 2 heterocycles. The third-order valence-corrected chi connectivity index (χ3v) is 6.86. The van der Waals surface area contributed by atoms with Crippen molar-refractivity contribution in [1.29, 1.82) is 0 Å². The molecule has 7 heteroatoms. The molecule has 150 valence electrons. The lowest BCUT2D eigenvalue weighted by atomic mass is 10.0. The van der Waals surface area contributed by atoms with Crippen molar-refractivity contribution in [2.24, 2.45) is 0 Å². The molecule has 0 saturated heterocycles. The molecule has 0 radical (unpaired) electrons. The maximum Gasteiger partial charge on any atom is 0.311 e. The number of esters is 1. The van der Waals surface area contributed by atoms with Gasteiger partial charge in [-0.05, 0) is 42.7 Å². The molecule has 0 unspecified atom stereocenters. The van der Waals surface area contributed by atoms with Crippen LogP contribution in [0.25, 0.3) is 0 Å². The molecule has 0 saturated carbocycles. The summed E-state index contributed by atoms with van der Waals surface area (Å²) in [5.41, 5.74) is 2.12. The van der Waals surface area contributed by atoms with Gasteiger partial charge in [0.2, 0.25) is 0 Å². The lowest BCUT2D eigenvalue weighted by Crippen LogP contribution is -2.34. The Morgan fingerprint density at radius 2 is 1.90 bits per heavy atom. The summed E-state index contributed by atoms with van der Waals surface area (Å²) >= 11 is 3.09. The molecule has 0 aliphatic heterocycles. The molecule has 0 fully saturated rings. The summed E-state index contributed by atoms with van der Waals surface area (Å²) in [6.07, 6.45) is 4.49. The van der Waals surface area contributed by atoms with Gasteiger partial charge in [0.05, 0.1) is 18.7 Å². The molecule has 1 aliphatic rings. The average molecular weight is 427 g/mol. The third kappa shape index (κ3) is 5.10. The highest BCUT2D eigenvalue weighted by molar-refractivity contribution is 7.16. The number of carbonyl (C=O) groups is 2. The number of carbonyl (C=O) groups excluding carboxylic acids is 2. The van der Waals surface area contributed by atoms with Gasteiger partial charge in [0.15, 0.2) is 11.7 Å². The molecule has 0 N–H and O–H groups in total. The topological polar surface area (TPSA) is 59.5 Å². The van der Waals surface area contributed by atoms with E-state index in [2.05, 4.69) is 0 Å². The number of anilines is 1. The summed E-state index contributed by atoms with van der Waals surface area (Å²) in [5, 5.41) is 2.61. The van der Waals surface area contributed by atoms with Gasteiger partial charge in [-0.3, -0.25) is 14.5 Å². The van der Waals surface area contributed by atoms with Crippen LogP contribution in [0.5, 0.6) is 0 Å². The van der Waals surface area contributed by atoms with Crippen molar-refractivity contribution in [2.75, 3.05) is 11.5 Å². The molecule has 4 rings (SSSR count). The lowest BCUT2D eigenvalue weighted by Gasteiger charge is -2.20. The predicted molar refractivity (Wildman–Crippen MR) is 115 cm³/mol. The second-order valence-corrected chi connectivity index (χ2v) is 9.05. The number of fused-ring (bicyclic) bond motifs is 1. The molecule has 0 spiro atoms. The number of thiophene rings is 1. The second kappa shape index (κ2) is 9.33. The van der Waals surface area contributed by atoms with Gasteiger partial charge >= 0.3 is 5.97 Å². The molecular weight excluding hydrogens is 404 g/mol. The predicted octanol–water partition coefficient (Wildman–Crippen LogP) is 4.40. The minimum atomic E-state index is -0.390. The Morgan fingerprint density at radius 1 is 1.07 bits per heavy atom. The Morgan fingerprint density at radius 3 is 2.66 bits per heavy atom. The third-order valence-electron chi connectivity index (χ3n) is 4.81. The summed E-state index contributed by atoms with van der Waals surface area (Å²) in [4.78, 5) is 33.7. The number of aryl methyl sites for hydroxylation is 2. The first-order valence-electron chi connectivity index (χ1n) is 9.70. The van der Waals surface area contributed by atoms with E-state index < -0.39 is 0 Å². The van der Waals surface area contributed by atoms with Crippen LogP contribution in [-0.4, -0.2) is 23.5 Å². The summed E-state index contributed by atoms with van der Waals surface area (Å²) in [6, 6.07) is 13.6. The molecule has 29 heavy (non-hydrogen) atoms. The van der Waals surface area contributed by atoms with Crippen LogP contribution in [0.2, 0.25) is 0 Å². The minimum Gasteiger partial charge on any atom is -0.455 e. The van der Waals surface area contributed by atoms with Crippen LogP contribution in [0.1, 0.15) is 33.9 Å². The molecule has 2 aromatic heterocycles. The van der Waals surface area contributed by atoms with E-state index in [9.17, 15) is 9.59 Å².